The lowest BCUT2D eigenvalue weighted by Crippen LogP contribution is -2.41. The van der Waals surface area contributed by atoms with Crippen LogP contribution in [0.4, 0.5) is 0 Å². The predicted octanol–water partition coefficient (Wildman–Crippen LogP) is 2.96. The van der Waals surface area contributed by atoms with E-state index in [1.54, 1.807) is 20.8 Å². The smallest absolute Gasteiger partial charge is 0.194 e. The summed E-state index contributed by atoms with van der Waals surface area (Å²) in [6.45, 7) is 9.69. The van der Waals surface area contributed by atoms with Crippen LogP contribution in [0.1, 0.15) is 59.3 Å². The van der Waals surface area contributed by atoms with Crippen LogP contribution < -0.4 is 10.1 Å². The number of carbonyl (C=O) groups excluding carboxylic acids is 3. The van der Waals surface area contributed by atoms with E-state index in [2.05, 4.69) is 10.5 Å². The van der Waals surface area contributed by atoms with Crippen molar-refractivity contribution in [1.29, 1.82) is 0 Å². The summed E-state index contributed by atoms with van der Waals surface area (Å²) in [5.41, 5.74) is 0.195. The number of aryl methyl sites for hydroxylation is 2. The monoisotopic (exact) mass is 452 g/mol. The van der Waals surface area contributed by atoms with Gasteiger partial charge in [0.15, 0.2) is 17.3 Å². The van der Waals surface area contributed by atoms with Gasteiger partial charge in [0, 0.05) is 29.4 Å². The van der Waals surface area contributed by atoms with Crippen molar-refractivity contribution >= 4 is 17.3 Å². The molecule has 0 unspecified atom stereocenters. The van der Waals surface area contributed by atoms with Crippen LogP contribution in [0.15, 0.2) is 27.6 Å². The number of Topliss-reactive ketones (excluding diaryl/α,β-unsaturated/α-hetero) is 2. The topological polar surface area (TPSA) is 139 Å². The quantitative estimate of drug-likeness (QED) is 0.363. The maximum atomic E-state index is 13.7. The van der Waals surface area contributed by atoms with Crippen molar-refractivity contribution in [3.63, 3.8) is 0 Å². The number of ketones is 3. The third-order valence-electron chi connectivity index (χ3n) is 6.47. The van der Waals surface area contributed by atoms with Crippen molar-refractivity contribution in [2.45, 2.75) is 53.5 Å². The zero-order valence-electron chi connectivity index (χ0n) is 19.2. The van der Waals surface area contributed by atoms with Gasteiger partial charge >= 0.3 is 0 Å². The molecule has 1 aliphatic carbocycles. The molecular formula is C24H24N2O7. The van der Waals surface area contributed by atoms with Crippen LogP contribution in [-0.4, -0.2) is 32.7 Å². The fourth-order valence-corrected chi connectivity index (χ4v) is 4.43. The minimum atomic E-state index is -1.54. The van der Waals surface area contributed by atoms with E-state index in [4.69, 9.17) is 9.26 Å². The molecule has 9 heteroatoms. The normalized spacial score (nSPS) is 20.7. The predicted molar refractivity (Wildman–Crippen MR) is 116 cm³/mol. The van der Waals surface area contributed by atoms with E-state index in [1.807, 2.05) is 0 Å². The van der Waals surface area contributed by atoms with E-state index in [0.717, 1.165) is 5.56 Å². The Morgan fingerprint density at radius 1 is 1.15 bits per heavy atom. The average Bonchev–Trinajstić information content (AvgIpc) is 3.21. The van der Waals surface area contributed by atoms with Crippen LogP contribution in [0.5, 0.6) is 17.2 Å². The Morgan fingerprint density at radius 2 is 1.82 bits per heavy atom. The summed E-state index contributed by atoms with van der Waals surface area (Å²) in [4.78, 5) is 38.9. The van der Waals surface area contributed by atoms with Crippen molar-refractivity contribution in [2.75, 3.05) is 0 Å². The van der Waals surface area contributed by atoms with Crippen LogP contribution in [0, 0.1) is 20.8 Å². The lowest BCUT2D eigenvalue weighted by atomic mass is 9.70. The van der Waals surface area contributed by atoms with Crippen LogP contribution in [0.2, 0.25) is 0 Å². The summed E-state index contributed by atoms with van der Waals surface area (Å²) in [5, 5.41) is 28.3. The summed E-state index contributed by atoms with van der Waals surface area (Å²) < 4.78 is 10.9. The van der Waals surface area contributed by atoms with E-state index in [0.29, 0.717) is 23.7 Å². The Bertz CT molecular complexity index is 1310. The molecular weight excluding hydrogens is 428 g/mol. The summed E-state index contributed by atoms with van der Waals surface area (Å²) in [6.07, 6.45) is 1.19. The molecule has 0 saturated heterocycles. The first kappa shape index (κ1) is 22.3. The Kier molecular flexibility index (Phi) is 4.96. The molecule has 2 heterocycles. The van der Waals surface area contributed by atoms with Crippen molar-refractivity contribution in [3.8, 4) is 17.2 Å². The van der Waals surface area contributed by atoms with Gasteiger partial charge in [-0.3, -0.25) is 14.4 Å². The number of hydrogen-bond acceptors (Lipinski definition) is 9. The molecule has 0 radical (unpaired) electrons. The number of hydrogen-bond donors (Lipinski definition) is 3. The van der Waals surface area contributed by atoms with Gasteiger partial charge in [-0.25, -0.2) is 0 Å². The molecule has 2 aliphatic rings. The highest BCUT2D eigenvalue weighted by atomic mass is 16.5. The number of nitrogens with zero attached hydrogens (tertiary/aromatic N) is 1. The number of phenolic OH excluding ortho intramolecular Hbond substituents is 2. The van der Waals surface area contributed by atoms with Crippen molar-refractivity contribution in [2.24, 2.45) is 0 Å². The lowest BCUT2D eigenvalue weighted by molar-refractivity contribution is -0.123. The standard InChI is InChI=1S/C24H24N2O7/c1-9-20(29)18(12(4)27)22-19(21(9)30)24(6)16(32-22)7-15(28)17(23(24)31)11(3)25-8-14-10(2)26-33-13(14)5/h7,25,29-30H,8H2,1-6H3/b17-11+/t24-/m0/s1. The number of fused-ring (bicyclic) bond motifs is 3. The number of allylic oxidation sites excluding steroid dienone is 4. The van der Waals surface area contributed by atoms with Gasteiger partial charge in [0.05, 0.1) is 16.8 Å². The number of aromatic nitrogens is 1. The molecule has 0 saturated carbocycles. The number of rotatable bonds is 4. The lowest BCUT2D eigenvalue weighted by Gasteiger charge is -2.29. The van der Waals surface area contributed by atoms with E-state index >= 15 is 0 Å². The van der Waals surface area contributed by atoms with E-state index in [1.165, 1.54) is 26.8 Å². The van der Waals surface area contributed by atoms with E-state index in [-0.39, 0.29) is 39.5 Å². The average molecular weight is 452 g/mol. The zero-order valence-corrected chi connectivity index (χ0v) is 19.2. The highest BCUT2D eigenvalue weighted by molar-refractivity contribution is 6.31. The molecule has 2 aromatic rings. The van der Waals surface area contributed by atoms with E-state index in [9.17, 15) is 24.6 Å². The number of nitrogens with one attached hydrogen (secondary N) is 1. The molecule has 172 valence electrons. The molecule has 4 rings (SSSR count). The molecule has 9 nitrogen and oxygen atoms in total. The van der Waals surface area contributed by atoms with E-state index < -0.39 is 28.5 Å². The minimum Gasteiger partial charge on any atom is -0.507 e. The molecule has 0 spiro atoms. The Labute approximate surface area is 189 Å². The molecule has 1 aliphatic heterocycles. The largest absolute Gasteiger partial charge is 0.507 e. The van der Waals surface area contributed by atoms with Crippen LogP contribution >= 0.6 is 0 Å². The Morgan fingerprint density at radius 3 is 2.39 bits per heavy atom. The van der Waals surface area contributed by atoms with Gasteiger partial charge in [-0.1, -0.05) is 5.16 Å². The highest BCUT2D eigenvalue weighted by Gasteiger charge is 2.56. The van der Waals surface area contributed by atoms with Crippen LogP contribution in [-0.2, 0) is 21.5 Å². The fourth-order valence-electron chi connectivity index (χ4n) is 4.43. The first-order valence-corrected chi connectivity index (χ1v) is 10.4. The number of benzene rings is 1. The van der Waals surface area contributed by atoms with Crippen molar-refractivity contribution in [3.05, 3.63) is 56.8 Å². The highest BCUT2D eigenvalue weighted by Crippen LogP contribution is 2.57. The van der Waals surface area contributed by atoms with Crippen molar-refractivity contribution in [1.82, 2.24) is 10.5 Å². The summed E-state index contributed by atoms with van der Waals surface area (Å²) >= 11 is 0. The van der Waals surface area contributed by atoms with Gasteiger partial charge in [0.2, 0.25) is 0 Å². The second-order valence-electron chi connectivity index (χ2n) is 8.54. The SMILES string of the molecule is CC(=O)c1c(O)c(C)c(O)c2c1OC1=CC(=O)/C(=C(/C)NCc3c(C)noc3C)C(=O)[C@@]12C. The van der Waals surface area contributed by atoms with Gasteiger partial charge in [-0.15, -0.1) is 0 Å². The van der Waals surface area contributed by atoms with Crippen molar-refractivity contribution < 1.29 is 33.9 Å². The molecule has 0 fully saturated rings. The van der Waals surface area contributed by atoms with Gasteiger partial charge in [-0.05, 0) is 41.5 Å². The number of phenols is 2. The molecule has 33 heavy (non-hydrogen) atoms. The molecule has 1 atom stereocenters. The minimum absolute atomic E-state index is 0.00225. The molecule has 0 bridgehead atoms. The first-order chi connectivity index (χ1) is 15.4. The molecule has 3 N–H and O–H groups in total. The summed E-state index contributed by atoms with van der Waals surface area (Å²) in [6, 6.07) is 0. The van der Waals surface area contributed by atoms with Gasteiger partial charge in [0.1, 0.15) is 39.7 Å². The second-order valence-corrected chi connectivity index (χ2v) is 8.54. The third kappa shape index (κ3) is 2.99. The van der Waals surface area contributed by atoms with Gasteiger partial charge in [-0.2, -0.15) is 0 Å². The zero-order chi connectivity index (χ0) is 24.4. The first-order valence-electron chi connectivity index (χ1n) is 10.4. The molecule has 0 amide bonds. The van der Waals surface area contributed by atoms with Crippen LogP contribution in [0.25, 0.3) is 0 Å². The maximum absolute atomic E-state index is 13.7. The number of ether oxygens (including phenoxy) is 1. The molecule has 1 aromatic carbocycles. The second kappa shape index (κ2) is 7.33. The van der Waals surface area contributed by atoms with Gasteiger partial charge < -0.3 is 24.8 Å². The number of aromatic hydroxyl groups is 2. The van der Waals surface area contributed by atoms with Gasteiger partial charge in [0.25, 0.3) is 0 Å². The summed E-state index contributed by atoms with van der Waals surface area (Å²) in [5.74, 6) is -1.91. The Balaban J connectivity index is 1.85. The summed E-state index contributed by atoms with van der Waals surface area (Å²) in [7, 11) is 0. The fraction of sp³-hybridized carbons (Fsp3) is 0.333. The maximum Gasteiger partial charge on any atom is 0.194 e. The third-order valence-corrected chi connectivity index (χ3v) is 6.47. The Hall–Kier alpha value is -3.88. The number of carbonyl (C=O) groups is 3. The molecule has 1 aromatic heterocycles. The van der Waals surface area contributed by atoms with Crippen LogP contribution in [0.3, 0.4) is 0 Å².